The highest BCUT2D eigenvalue weighted by molar-refractivity contribution is 5.89. The third-order valence-corrected chi connectivity index (χ3v) is 4.75. The Labute approximate surface area is 145 Å². The van der Waals surface area contributed by atoms with E-state index >= 15 is 0 Å². The van der Waals surface area contributed by atoms with Crippen molar-refractivity contribution in [2.45, 2.75) is 13.5 Å². The molecule has 4 atom stereocenters. The Morgan fingerprint density at radius 3 is 2.68 bits per heavy atom. The van der Waals surface area contributed by atoms with Crippen LogP contribution in [0.5, 0.6) is 0 Å². The Morgan fingerprint density at radius 1 is 1.28 bits per heavy atom. The van der Waals surface area contributed by atoms with Gasteiger partial charge in [0.05, 0.1) is 11.8 Å². The van der Waals surface area contributed by atoms with E-state index in [1.165, 1.54) is 5.01 Å². The summed E-state index contributed by atoms with van der Waals surface area (Å²) in [5.41, 5.74) is 3.26. The number of hydrogen-bond donors (Lipinski definition) is 2. The van der Waals surface area contributed by atoms with Crippen molar-refractivity contribution in [3.05, 3.63) is 48.0 Å². The lowest BCUT2D eigenvalue weighted by Crippen LogP contribution is -2.45. The number of fused-ring (bicyclic) bond motifs is 1. The van der Waals surface area contributed by atoms with Crippen molar-refractivity contribution >= 4 is 18.0 Å². The van der Waals surface area contributed by atoms with Gasteiger partial charge >= 0.3 is 12.1 Å². The summed E-state index contributed by atoms with van der Waals surface area (Å²) in [6, 6.07) is 9.19. The van der Waals surface area contributed by atoms with E-state index in [1.807, 2.05) is 42.5 Å². The fourth-order valence-corrected chi connectivity index (χ4v) is 3.49. The fraction of sp³-hybridized carbons (Fsp3) is 0.389. The Bertz CT molecular complexity index is 703. The van der Waals surface area contributed by atoms with Gasteiger partial charge in [-0.15, -0.1) is 0 Å². The van der Waals surface area contributed by atoms with E-state index in [2.05, 4.69) is 5.43 Å². The number of carboxylic acids is 1. The molecule has 0 bridgehead atoms. The van der Waals surface area contributed by atoms with E-state index in [0.29, 0.717) is 0 Å². The summed E-state index contributed by atoms with van der Waals surface area (Å²) in [6.45, 7) is 2.12. The predicted octanol–water partition coefficient (Wildman–Crippen LogP) is 1.81. The van der Waals surface area contributed by atoms with Gasteiger partial charge in [-0.2, -0.15) is 0 Å². The molecule has 0 unspecified atom stereocenters. The Kier molecular flexibility index (Phi) is 4.74. The van der Waals surface area contributed by atoms with Crippen molar-refractivity contribution in [3.63, 3.8) is 0 Å². The van der Waals surface area contributed by atoms with Crippen LogP contribution in [0.1, 0.15) is 12.5 Å². The molecular weight excluding hydrogens is 324 g/mol. The number of rotatable bonds is 4. The second-order valence-electron chi connectivity index (χ2n) is 6.42. The molecule has 132 valence electrons. The first-order valence-electron chi connectivity index (χ1n) is 8.17. The molecule has 0 radical (unpaired) electrons. The van der Waals surface area contributed by atoms with Gasteiger partial charge in [-0.05, 0) is 11.5 Å². The lowest BCUT2D eigenvalue weighted by molar-refractivity contribution is -0.150. The quantitative estimate of drug-likeness (QED) is 0.812. The zero-order valence-corrected chi connectivity index (χ0v) is 13.8. The molecule has 1 heterocycles. The van der Waals surface area contributed by atoms with Crippen LogP contribution in [0.15, 0.2) is 42.5 Å². The Morgan fingerprint density at radius 2 is 2.00 bits per heavy atom. The van der Waals surface area contributed by atoms with Gasteiger partial charge in [-0.3, -0.25) is 14.6 Å². The number of hydrazine groups is 1. The minimum atomic E-state index is -0.992. The van der Waals surface area contributed by atoms with Crippen molar-refractivity contribution in [2.24, 2.45) is 23.7 Å². The van der Waals surface area contributed by atoms with E-state index in [0.717, 1.165) is 5.56 Å². The molecule has 1 saturated heterocycles. The Hall–Kier alpha value is -2.83. The SMILES string of the molecule is C[C@H]1C=C[C@H]2CN(NC(=O)OCc3ccccc3)C(=O)[C@H]2[C@H]1C(=O)O. The highest BCUT2D eigenvalue weighted by Gasteiger charge is 2.50. The molecule has 1 aromatic carbocycles. The predicted molar refractivity (Wildman–Crippen MR) is 87.9 cm³/mol. The lowest BCUT2D eigenvalue weighted by Gasteiger charge is -2.29. The van der Waals surface area contributed by atoms with Crippen molar-refractivity contribution in [3.8, 4) is 0 Å². The molecular formula is C18H20N2O5. The number of benzene rings is 1. The van der Waals surface area contributed by atoms with Crippen LogP contribution in [0.4, 0.5) is 4.79 Å². The van der Waals surface area contributed by atoms with Crippen LogP contribution in [-0.4, -0.2) is 34.6 Å². The number of amides is 2. The number of carboxylic acid groups (broad SMARTS) is 1. The molecule has 7 nitrogen and oxygen atoms in total. The highest BCUT2D eigenvalue weighted by Crippen LogP contribution is 2.39. The summed E-state index contributed by atoms with van der Waals surface area (Å²) in [6.07, 6.45) is 2.95. The number of carbonyl (C=O) groups is 3. The van der Waals surface area contributed by atoms with Crippen LogP contribution in [0, 0.1) is 23.7 Å². The fourth-order valence-electron chi connectivity index (χ4n) is 3.49. The monoisotopic (exact) mass is 344 g/mol. The average molecular weight is 344 g/mol. The maximum Gasteiger partial charge on any atom is 0.426 e. The van der Waals surface area contributed by atoms with E-state index in [4.69, 9.17) is 4.74 Å². The lowest BCUT2D eigenvalue weighted by atomic mass is 9.72. The van der Waals surface area contributed by atoms with Gasteiger partial charge in [0.25, 0.3) is 0 Å². The van der Waals surface area contributed by atoms with Crippen LogP contribution in [0.25, 0.3) is 0 Å². The molecule has 0 aromatic heterocycles. The molecule has 1 aromatic rings. The summed E-state index contributed by atoms with van der Waals surface area (Å²) >= 11 is 0. The summed E-state index contributed by atoms with van der Waals surface area (Å²) in [5, 5.41) is 10.6. The van der Waals surface area contributed by atoms with Gasteiger partial charge in [-0.1, -0.05) is 49.4 Å². The molecule has 1 aliphatic carbocycles. The van der Waals surface area contributed by atoms with Crippen molar-refractivity contribution < 1.29 is 24.2 Å². The number of carbonyl (C=O) groups excluding carboxylic acids is 2. The highest BCUT2D eigenvalue weighted by atomic mass is 16.6. The third-order valence-electron chi connectivity index (χ3n) is 4.75. The molecule has 3 rings (SSSR count). The average Bonchev–Trinajstić information content (AvgIpc) is 2.90. The van der Waals surface area contributed by atoms with Gasteiger partial charge in [0, 0.05) is 12.5 Å². The van der Waals surface area contributed by atoms with Gasteiger partial charge in [0.2, 0.25) is 5.91 Å². The summed E-state index contributed by atoms with van der Waals surface area (Å²) < 4.78 is 5.11. The molecule has 25 heavy (non-hydrogen) atoms. The molecule has 1 fully saturated rings. The number of aliphatic carboxylic acids is 1. The zero-order chi connectivity index (χ0) is 18.0. The molecule has 2 amide bonds. The normalized spacial score (nSPS) is 27.7. The first kappa shape index (κ1) is 17.0. The first-order valence-corrected chi connectivity index (χ1v) is 8.17. The van der Waals surface area contributed by atoms with E-state index in [9.17, 15) is 19.5 Å². The second kappa shape index (κ2) is 6.96. The summed E-state index contributed by atoms with van der Waals surface area (Å²) in [5.74, 6) is -3.27. The van der Waals surface area contributed by atoms with Crippen molar-refractivity contribution in [1.82, 2.24) is 10.4 Å². The molecule has 2 aliphatic rings. The maximum atomic E-state index is 12.6. The number of hydrogen-bond acceptors (Lipinski definition) is 4. The van der Waals surface area contributed by atoms with E-state index in [1.54, 1.807) is 6.92 Å². The minimum absolute atomic E-state index is 0.0935. The van der Waals surface area contributed by atoms with E-state index < -0.39 is 23.9 Å². The topological polar surface area (TPSA) is 95.9 Å². The smallest absolute Gasteiger partial charge is 0.426 e. The van der Waals surface area contributed by atoms with Crippen LogP contribution in [-0.2, 0) is 20.9 Å². The van der Waals surface area contributed by atoms with Crippen LogP contribution >= 0.6 is 0 Å². The van der Waals surface area contributed by atoms with Gasteiger partial charge < -0.3 is 9.84 Å². The molecule has 7 heteroatoms. The number of nitrogens with zero attached hydrogens (tertiary/aromatic N) is 1. The largest absolute Gasteiger partial charge is 0.481 e. The van der Waals surface area contributed by atoms with Gasteiger partial charge in [-0.25, -0.2) is 10.2 Å². The molecule has 0 saturated carbocycles. The van der Waals surface area contributed by atoms with Crippen LogP contribution in [0.3, 0.4) is 0 Å². The number of ether oxygens (including phenoxy) is 1. The van der Waals surface area contributed by atoms with E-state index in [-0.39, 0.29) is 30.9 Å². The summed E-state index contributed by atoms with van der Waals surface area (Å²) in [4.78, 5) is 36.0. The van der Waals surface area contributed by atoms with Gasteiger partial charge in [0.1, 0.15) is 6.61 Å². The maximum absolute atomic E-state index is 12.6. The zero-order valence-electron chi connectivity index (χ0n) is 13.8. The molecule has 0 spiro atoms. The number of nitrogens with one attached hydrogen (secondary N) is 1. The van der Waals surface area contributed by atoms with Crippen LogP contribution in [0.2, 0.25) is 0 Å². The minimum Gasteiger partial charge on any atom is -0.481 e. The van der Waals surface area contributed by atoms with Crippen molar-refractivity contribution in [1.29, 1.82) is 0 Å². The van der Waals surface area contributed by atoms with Gasteiger partial charge in [0.15, 0.2) is 0 Å². The molecule has 2 N–H and O–H groups in total. The second-order valence-corrected chi connectivity index (χ2v) is 6.42. The molecule has 1 aliphatic heterocycles. The first-order chi connectivity index (χ1) is 12.0. The Balaban J connectivity index is 1.61. The standard InChI is InChI=1S/C18H20N2O5/c1-11-7-8-13-9-20(16(21)15(13)14(11)17(22)23)19-18(24)25-10-12-5-3-2-4-6-12/h2-8,11,13-15H,9-10H2,1H3,(H,19,24)(H,22,23)/t11-,13-,14-,15+/m0/s1. The summed E-state index contributed by atoms with van der Waals surface area (Å²) in [7, 11) is 0. The number of allylic oxidation sites excluding steroid dienone is 1. The third kappa shape index (κ3) is 3.50. The van der Waals surface area contributed by atoms with Crippen molar-refractivity contribution in [2.75, 3.05) is 6.54 Å². The van der Waals surface area contributed by atoms with Crippen LogP contribution < -0.4 is 5.43 Å².